The number of rotatable bonds is 3. The summed E-state index contributed by atoms with van der Waals surface area (Å²) in [5.74, 6) is -0.519. The zero-order chi connectivity index (χ0) is 8.32. The van der Waals surface area contributed by atoms with Gasteiger partial charge in [-0.05, 0) is 6.07 Å². The maximum Gasteiger partial charge on any atom is 0.304 e. The van der Waals surface area contributed by atoms with Gasteiger partial charge < -0.3 is 0 Å². The fraction of sp³-hybridized carbons (Fsp3) is 0.400. The third-order valence-corrected chi connectivity index (χ3v) is 1.79. The third-order valence-electron chi connectivity index (χ3n) is 1.12. The minimum absolute atomic E-state index is 0.0613. The summed E-state index contributed by atoms with van der Waals surface area (Å²) in [6.45, 7) is 0.0613. The summed E-state index contributed by atoms with van der Waals surface area (Å²) in [6, 6.07) is 1.64. The van der Waals surface area contributed by atoms with E-state index in [-0.39, 0.29) is 6.54 Å². The van der Waals surface area contributed by atoms with Gasteiger partial charge in [0, 0.05) is 12.4 Å². The summed E-state index contributed by atoms with van der Waals surface area (Å²) in [5, 5.41) is 3.70. The molecule has 0 aliphatic heterocycles. The molecule has 0 amide bonds. The monoisotopic (exact) mass is 178 g/mol. The molecular formula is C5H7FN2O2S. The molecule has 0 atom stereocenters. The Labute approximate surface area is 63.9 Å². The average molecular weight is 178 g/mol. The summed E-state index contributed by atoms with van der Waals surface area (Å²) in [4.78, 5) is 0. The lowest BCUT2D eigenvalue weighted by Crippen LogP contribution is -2.08. The van der Waals surface area contributed by atoms with Gasteiger partial charge in [0.1, 0.15) is 0 Å². The molecule has 0 saturated heterocycles. The normalized spacial score (nSPS) is 11.7. The molecule has 0 spiro atoms. The van der Waals surface area contributed by atoms with Crippen LogP contribution in [0.5, 0.6) is 0 Å². The molecule has 1 rings (SSSR count). The van der Waals surface area contributed by atoms with E-state index < -0.39 is 16.0 Å². The van der Waals surface area contributed by atoms with E-state index in [9.17, 15) is 12.3 Å². The topological polar surface area (TPSA) is 52.0 Å². The molecule has 1 aromatic heterocycles. The predicted molar refractivity (Wildman–Crippen MR) is 37.1 cm³/mol. The van der Waals surface area contributed by atoms with Gasteiger partial charge in [-0.3, -0.25) is 4.68 Å². The summed E-state index contributed by atoms with van der Waals surface area (Å²) >= 11 is 0. The van der Waals surface area contributed by atoms with Crippen LogP contribution in [0.3, 0.4) is 0 Å². The lowest BCUT2D eigenvalue weighted by atomic mass is 10.7. The lowest BCUT2D eigenvalue weighted by Gasteiger charge is -1.95. The Bertz CT molecular complexity index is 305. The number of nitrogens with zero attached hydrogens (tertiary/aromatic N) is 2. The second-order valence-corrected chi connectivity index (χ2v) is 3.50. The molecule has 0 bridgehead atoms. The molecule has 1 heterocycles. The zero-order valence-electron chi connectivity index (χ0n) is 5.64. The second kappa shape index (κ2) is 3.00. The molecule has 0 aromatic carbocycles. The van der Waals surface area contributed by atoms with Crippen molar-refractivity contribution in [1.29, 1.82) is 0 Å². The summed E-state index contributed by atoms with van der Waals surface area (Å²) < 4.78 is 33.3. The average Bonchev–Trinajstić information content (AvgIpc) is 2.32. The van der Waals surface area contributed by atoms with E-state index in [1.807, 2.05) is 0 Å². The van der Waals surface area contributed by atoms with Gasteiger partial charge >= 0.3 is 10.2 Å². The molecular weight excluding hydrogens is 171 g/mol. The van der Waals surface area contributed by atoms with Crippen LogP contribution in [0.25, 0.3) is 0 Å². The fourth-order valence-electron chi connectivity index (χ4n) is 0.635. The Morgan fingerprint density at radius 1 is 1.55 bits per heavy atom. The highest BCUT2D eigenvalue weighted by atomic mass is 32.3. The quantitative estimate of drug-likeness (QED) is 0.620. The van der Waals surface area contributed by atoms with Gasteiger partial charge in [0.05, 0.1) is 12.3 Å². The molecule has 0 radical (unpaired) electrons. The van der Waals surface area contributed by atoms with Crippen LogP contribution in [-0.4, -0.2) is 24.0 Å². The maximum absolute atomic E-state index is 11.9. The van der Waals surface area contributed by atoms with Gasteiger partial charge in [0.25, 0.3) is 0 Å². The molecule has 1 aromatic rings. The molecule has 0 aliphatic carbocycles. The van der Waals surface area contributed by atoms with Gasteiger partial charge in [-0.25, -0.2) is 0 Å². The van der Waals surface area contributed by atoms with Crippen molar-refractivity contribution < 1.29 is 12.3 Å². The van der Waals surface area contributed by atoms with Crippen molar-refractivity contribution in [2.45, 2.75) is 6.54 Å². The smallest absolute Gasteiger partial charge is 0.272 e. The molecule has 4 nitrogen and oxygen atoms in total. The molecule has 0 unspecified atom stereocenters. The number of halogens is 1. The Morgan fingerprint density at radius 3 is 2.73 bits per heavy atom. The first-order chi connectivity index (χ1) is 5.08. The van der Waals surface area contributed by atoms with Gasteiger partial charge in [-0.2, -0.15) is 13.5 Å². The summed E-state index contributed by atoms with van der Waals surface area (Å²) in [6.07, 6.45) is 3.08. The van der Waals surface area contributed by atoms with Crippen LogP contribution in [0.2, 0.25) is 0 Å². The molecule has 62 valence electrons. The highest BCUT2D eigenvalue weighted by Crippen LogP contribution is 1.92. The van der Waals surface area contributed by atoms with Crippen molar-refractivity contribution in [3.63, 3.8) is 0 Å². The fourth-order valence-corrected chi connectivity index (χ4v) is 1.04. The van der Waals surface area contributed by atoms with Crippen molar-refractivity contribution in [1.82, 2.24) is 9.78 Å². The highest BCUT2D eigenvalue weighted by molar-refractivity contribution is 7.86. The summed E-state index contributed by atoms with van der Waals surface area (Å²) in [5.41, 5.74) is 0. The summed E-state index contributed by atoms with van der Waals surface area (Å²) in [7, 11) is -4.36. The van der Waals surface area contributed by atoms with Crippen LogP contribution in [0.4, 0.5) is 3.89 Å². The van der Waals surface area contributed by atoms with E-state index in [1.54, 1.807) is 12.3 Å². The Balaban J connectivity index is 2.48. The largest absolute Gasteiger partial charge is 0.304 e. The molecule has 0 aliphatic rings. The van der Waals surface area contributed by atoms with Crippen molar-refractivity contribution in [2.24, 2.45) is 0 Å². The number of aryl methyl sites for hydroxylation is 1. The van der Waals surface area contributed by atoms with E-state index in [0.717, 1.165) is 0 Å². The van der Waals surface area contributed by atoms with E-state index in [1.165, 1.54) is 10.9 Å². The Morgan fingerprint density at radius 2 is 2.27 bits per heavy atom. The van der Waals surface area contributed by atoms with Crippen LogP contribution < -0.4 is 0 Å². The van der Waals surface area contributed by atoms with E-state index >= 15 is 0 Å². The maximum atomic E-state index is 11.9. The van der Waals surface area contributed by atoms with Gasteiger partial charge in [-0.15, -0.1) is 3.89 Å². The van der Waals surface area contributed by atoms with E-state index in [2.05, 4.69) is 5.10 Å². The Kier molecular flexibility index (Phi) is 2.23. The Hall–Kier alpha value is -0.910. The minimum Gasteiger partial charge on any atom is -0.272 e. The van der Waals surface area contributed by atoms with Crippen molar-refractivity contribution in [2.75, 3.05) is 5.75 Å². The van der Waals surface area contributed by atoms with E-state index in [4.69, 9.17) is 0 Å². The molecule has 6 heteroatoms. The van der Waals surface area contributed by atoms with Crippen molar-refractivity contribution >= 4 is 10.2 Å². The molecule has 0 saturated carbocycles. The van der Waals surface area contributed by atoms with Crippen LogP contribution in [0.1, 0.15) is 0 Å². The molecule has 0 fully saturated rings. The minimum atomic E-state index is -4.36. The second-order valence-electron chi connectivity index (χ2n) is 2.01. The molecule has 0 N–H and O–H groups in total. The first-order valence-corrected chi connectivity index (χ1v) is 4.53. The van der Waals surface area contributed by atoms with Crippen molar-refractivity contribution in [3.8, 4) is 0 Å². The first kappa shape index (κ1) is 8.19. The number of hydrogen-bond acceptors (Lipinski definition) is 3. The first-order valence-electron chi connectivity index (χ1n) is 2.98. The van der Waals surface area contributed by atoms with E-state index in [0.29, 0.717) is 0 Å². The van der Waals surface area contributed by atoms with Gasteiger partial charge in [0.2, 0.25) is 0 Å². The van der Waals surface area contributed by atoms with Gasteiger partial charge in [-0.1, -0.05) is 0 Å². The molecule has 11 heavy (non-hydrogen) atoms. The SMILES string of the molecule is O=S(=O)(F)CCn1cccn1. The lowest BCUT2D eigenvalue weighted by molar-refractivity contribution is 0.540. The van der Waals surface area contributed by atoms with Crippen LogP contribution in [0.15, 0.2) is 18.5 Å². The number of hydrogen-bond donors (Lipinski definition) is 0. The third kappa shape index (κ3) is 3.13. The standard InChI is InChI=1S/C5H7FN2O2S/c6-11(9,10)5-4-8-3-1-2-7-8/h1-3H,4-5H2. The van der Waals surface area contributed by atoms with Crippen LogP contribution in [-0.2, 0) is 16.8 Å². The van der Waals surface area contributed by atoms with Crippen LogP contribution in [0, 0.1) is 0 Å². The van der Waals surface area contributed by atoms with Crippen molar-refractivity contribution in [3.05, 3.63) is 18.5 Å². The predicted octanol–water partition coefficient (Wildman–Crippen LogP) is 0.182. The zero-order valence-corrected chi connectivity index (χ0v) is 6.46. The number of aromatic nitrogens is 2. The highest BCUT2D eigenvalue weighted by Gasteiger charge is 2.06. The van der Waals surface area contributed by atoms with Crippen LogP contribution >= 0.6 is 0 Å². The van der Waals surface area contributed by atoms with Gasteiger partial charge in [0.15, 0.2) is 0 Å².